The number of likely N-dealkylation sites (tertiary alicyclic amines) is 1. The summed E-state index contributed by atoms with van der Waals surface area (Å²) in [7, 11) is 1.87. The fourth-order valence-electron chi connectivity index (χ4n) is 3.77. The maximum Gasteiger partial charge on any atom is 0.191 e. The molecule has 0 aromatic rings. The zero-order chi connectivity index (χ0) is 15.8. The van der Waals surface area contributed by atoms with Crippen molar-refractivity contribution in [1.82, 2.24) is 20.4 Å². The van der Waals surface area contributed by atoms with Gasteiger partial charge in [0.05, 0.1) is 0 Å². The van der Waals surface area contributed by atoms with Crippen LogP contribution in [0.3, 0.4) is 0 Å². The van der Waals surface area contributed by atoms with E-state index in [-0.39, 0.29) is 0 Å². The predicted molar refractivity (Wildman–Crippen MR) is 94.5 cm³/mol. The molecule has 1 atom stereocenters. The van der Waals surface area contributed by atoms with Crippen LogP contribution in [0, 0.1) is 0 Å². The lowest BCUT2D eigenvalue weighted by Crippen LogP contribution is -2.47. The van der Waals surface area contributed by atoms with E-state index in [0.29, 0.717) is 6.04 Å². The van der Waals surface area contributed by atoms with Gasteiger partial charge < -0.3 is 15.5 Å². The van der Waals surface area contributed by atoms with E-state index in [1.807, 2.05) is 7.05 Å². The van der Waals surface area contributed by atoms with Gasteiger partial charge in [-0.2, -0.15) is 0 Å². The van der Waals surface area contributed by atoms with E-state index in [1.54, 1.807) is 0 Å². The van der Waals surface area contributed by atoms with Crippen molar-refractivity contribution >= 4 is 5.96 Å². The van der Waals surface area contributed by atoms with Gasteiger partial charge in [-0.15, -0.1) is 0 Å². The maximum atomic E-state index is 4.38. The zero-order valence-corrected chi connectivity index (χ0v) is 14.8. The Bertz CT molecular complexity index is 334. The number of guanidine groups is 1. The second kappa shape index (κ2) is 9.36. The Hall–Kier alpha value is -0.810. The third-order valence-electron chi connectivity index (χ3n) is 5.24. The summed E-state index contributed by atoms with van der Waals surface area (Å²) in [6.07, 6.45) is 6.90. The Kier molecular flexibility index (Phi) is 7.46. The third kappa shape index (κ3) is 5.13. The van der Waals surface area contributed by atoms with E-state index in [0.717, 1.165) is 38.2 Å². The minimum absolute atomic E-state index is 0.556. The van der Waals surface area contributed by atoms with Gasteiger partial charge in [-0.25, -0.2) is 0 Å². The molecule has 22 heavy (non-hydrogen) atoms. The summed E-state index contributed by atoms with van der Waals surface area (Å²) in [5, 5.41) is 7.07. The second-order valence-electron chi connectivity index (χ2n) is 6.59. The molecular formula is C17H35N5. The smallest absolute Gasteiger partial charge is 0.191 e. The molecule has 1 aliphatic heterocycles. The molecule has 2 fully saturated rings. The highest BCUT2D eigenvalue weighted by Gasteiger charge is 2.30. The number of aliphatic imine (C=N–C) groups is 1. The molecule has 5 heteroatoms. The highest BCUT2D eigenvalue weighted by atomic mass is 15.3. The molecule has 1 saturated heterocycles. The minimum Gasteiger partial charge on any atom is -0.355 e. The SMILES string of the molecule is CCN(CC)CCNC(=NC)NC1CCN(C2CCCC2)C1. The Balaban J connectivity index is 1.67. The van der Waals surface area contributed by atoms with Crippen LogP contribution in [0.4, 0.5) is 0 Å². The summed E-state index contributed by atoms with van der Waals surface area (Å²) in [6.45, 7) is 11.1. The van der Waals surface area contributed by atoms with Gasteiger partial charge in [0, 0.05) is 45.3 Å². The monoisotopic (exact) mass is 309 g/mol. The van der Waals surface area contributed by atoms with E-state index >= 15 is 0 Å². The number of nitrogens with zero attached hydrogens (tertiary/aromatic N) is 3. The van der Waals surface area contributed by atoms with Crippen LogP contribution in [-0.4, -0.2) is 74.2 Å². The van der Waals surface area contributed by atoms with Crippen molar-refractivity contribution in [2.45, 2.75) is 58.0 Å². The van der Waals surface area contributed by atoms with Crippen molar-refractivity contribution in [3.05, 3.63) is 0 Å². The van der Waals surface area contributed by atoms with Gasteiger partial charge in [0.2, 0.25) is 0 Å². The van der Waals surface area contributed by atoms with Crippen molar-refractivity contribution in [3.8, 4) is 0 Å². The fourth-order valence-corrected chi connectivity index (χ4v) is 3.77. The zero-order valence-electron chi connectivity index (χ0n) is 14.8. The average molecular weight is 310 g/mol. The molecule has 2 aliphatic rings. The summed E-state index contributed by atoms with van der Waals surface area (Å²) in [4.78, 5) is 9.50. The first kappa shape index (κ1) is 17.5. The van der Waals surface area contributed by atoms with Crippen LogP contribution in [0.25, 0.3) is 0 Å². The molecule has 2 N–H and O–H groups in total. The molecule has 0 amide bonds. The van der Waals surface area contributed by atoms with Crippen molar-refractivity contribution in [3.63, 3.8) is 0 Å². The van der Waals surface area contributed by atoms with Gasteiger partial charge in [0.25, 0.3) is 0 Å². The first-order valence-corrected chi connectivity index (χ1v) is 9.20. The molecule has 0 bridgehead atoms. The molecule has 1 aliphatic carbocycles. The second-order valence-corrected chi connectivity index (χ2v) is 6.59. The number of likely N-dealkylation sites (N-methyl/N-ethyl adjacent to an activating group) is 1. The molecule has 0 radical (unpaired) electrons. The van der Waals surface area contributed by atoms with Crippen LogP contribution in [0.15, 0.2) is 4.99 Å². The van der Waals surface area contributed by atoms with Gasteiger partial charge in [0.1, 0.15) is 0 Å². The summed E-state index contributed by atoms with van der Waals surface area (Å²) in [6, 6.07) is 1.41. The molecule has 5 nitrogen and oxygen atoms in total. The molecule has 0 spiro atoms. The summed E-state index contributed by atoms with van der Waals surface area (Å²) in [5.74, 6) is 0.963. The third-order valence-corrected chi connectivity index (χ3v) is 5.24. The van der Waals surface area contributed by atoms with Crippen molar-refractivity contribution in [1.29, 1.82) is 0 Å². The Morgan fingerprint density at radius 3 is 2.55 bits per heavy atom. The van der Waals surface area contributed by atoms with Crippen molar-refractivity contribution in [2.75, 3.05) is 46.3 Å². The van der Waals surface area contributed by atoms with Gasteiger partial charge in [-0.05, 0) is 32.4 Å². The number of rotatable bonds is 7. The van der Waals surface area contributed by atoms with Gasteiger partial charge in [0.15, 0.2) is 5.96 Å². The lowest BCUT2D eigenvalue weighted by Gasteiger charge is -2.24. The molecule has 0 aromatic heterocycles. The minimum atomic E-state index is 0.556. The van der Waals surface area contributed by atoms with E-state index in [2.05, 4.69) is 39.3 Å². The highest BCUT2D eigenvalue weighted by molar-refractivity contribution is 5.80. The van der Waals surface area contributed by atoms with E-state index in [1.165, 1.54) is 45.2 Å². The Morgan fingerprint density at radius 2 is 1.91 bits per heavy atom. The summed E-state index contributed by atoms with van der Waals surface area (Å²) < 4.78 is 0. The molecule has 1 unspecified atom stereocenters. The first-order valence-electron chi connectivity index (χ1n) is 9.20. The molecular weight excluding hydrogens is 274 g/mol. The van der Waals surface area contributed by atoms with E-state index < -0.39 is 0 Å². The molecule has 128 valence electrons. The van der Waals surface area contributed by atoms with Crippen molar-refractivity contribution in [2.24, 2.45) is 4.99 Å². The lowest BCUT2D eigenvalue weighted by atomic mass is 10.2. The number of hydrogen-bond acceptors (Lipinski definition) is 3. The normalized spacial score (nSPS) is 24.4. The first-order chi connectivity index (χ1) is 10.8. The fraction of sp³-hybridized carbons (Fsp3) is 0.941. The quantitative estimate of drug-likeness (QED) is 0.553. The van der Waals surface area contributed by atoms with Gasteiger partial charge >= 0.3 is 0 Å². The largest absolute Gasteiger partial charge is 0.355 e. The summed E-state index contributed by atoms with van der Waals surface area (Å²) in [5.41, 5.74) is 0. The summed E-state index contributed by atoms with van der Waals surface area (Å²) >= 11 is 0. The molecule has 1 heterocycles. The van der Waals surface area contributed by atoms with Gasteiger partial charge in [-0.1, -0.05) is 26.7 Å². The van der Waals surface area contributed by atoms with Crippen LogP contribution in [0.1, 0.15) is 46.0 Å². The standard InChI is InChI=1S/C17H35N5/c1-4-21(5-2)13-11-19-17(18-3)20-15-10-12-22(14-15)16-8-6-7-9-16/h15-16H,4-14H2,1-3H3,(H2,18,19,20). The van der Waals surface area contributed by atoms with E-state index in [9.17, 15) is 0 Å². The van der Waals surface area contributed by atoms with Crippen LogP contribution in [-0.2, 0) is 0 Å². The Labute approximate surface area is 136 Å². The predicted octanol–water partition coefficient (Wildman–Crippen LogP) is 1.51. The average Bonchev–Trinajstić information content (AvgIpc) is 3.21. The number of hydrogen-bond donors (Lipinski definition) is 2. The maximum absolute atomic E-state index is 4.38. The number of nitrogens with one attached hydrogen (secondary N) is 2. The topological polar surface area (TPSA) is 42.9 Å². The van der Waals surface area contributed by atoms with Crippen LogP contribution in [0.2, 0.25) is 0 Å². The van der Waals surface area contributed by atoms with Crippen LogP contribution < -0.4 is 10.6 Å². The van der Waals surface area contributed by atoms with Gasteiger partial charge in [-0.3, -0.25) is 9.89 Å². The van der Waals surface area contributed by atoms with Crippen LogP contribution >= 0.6 is 0 Å². The highest BCUT2D eigenvalue weighted by Crippen LogP contribution is 2.26. The molecule has 1 saturated carbocycles. The lowest BCUT2D eigenvalue weighted by molar-refractivity contribution is 0.242. The Morgan fingerprint density at radius 1 is 1.18 bits per heavy atom. The van der Waals surface area contributed by atoms with Crippen LogP contribution in [0.5, 0.6) is 0 Å². The molecule has 0 aromatic carbocycles. The van der Waals surface area contributed by atoms with Crippen molar-refractivity contribution < 1.29 is 0 Å². The molecule has 2 rings (SSSR count). The van der Waals surface area contributed by atoms with E-state index in [4.69, 9.17) is 0 Å².